The first kappa shape index (κ1) is 42.6. The van der Waals surface area contributed by atoms with Crippen LogP contribution in [0.25, 0.3) is 0 Å². The topological polar surface area (TPSA) is 167 Å². The predicted octanol–water partition coefficient (Wildman–Crippen LogP) is 7.41. The quantitative estimate of drug-likeness (QED) is 0.0455. The minimum absolute atomic E-state index is 0.0208. The van der Waals surface area contributed by atoms with Gasteiger partial charge in [-0.3, -0.25) is 13.9 Å². The Balaban J connectivity index is 1.39. The summed E-state index contributed by atoms with van der Waals surface area (Å²) >= 11 is 5.97. The van der Waals surface area contributed by atoms with Crippen molar-refractivity contribution in [3.63, 3.8) is 0 Å². The van der Waals surface area contributed by atoms with E-state index in [0.29, 0.717) is 11.4 Å². The number of unbranched alkanes of at least 4 members (excludes halogenated alkanes) is 11. The van der Waals surface area contributed by atoms with Crippen LogP contribution >= 0.6 is 19.3 Å². The molecule has 286 valence electrons. The molecule has 1 aliphatic heterocycles. The number of nitrogens with zero attached hydrogens (tertiary/aromatic N) is 2. The number of carbonyl (C=O) groups excluding carboxylic acids is 1. The van der Waals surface area contributed by atoms with Crippen LogP contribution in [0, 0.1) is 0 Å². The van der Waals surface area contributed by atoms with Gasteiger partial charge in [-0.05, 0) is 69.4 Å². The first-order valence-corrected chi connectivity index (χ1v) is 20.1. The summed E-state index contributed by atoms with van der Waals surface area (Å²) in [7, 11) is -4.16. The first-order chi connectivity index (χ1) is 24.4. The van der Waals surface area contributed by atoms with E-state index in [1.165, 1.54) is 81.5 Å². The van der Waals surface area contributed by atoms with Gasteiger partial charge in [-0.25, -0.2) is 18.8 Å². The van der Waals surface area contributed by atoms with Crippen LogP contribution in [0.5, 0.6) is 5.75 Å². The van der Waals surface area contributed by atoms with Crippen LogP contribution in [-0.2, 0) is 18.6 Å². The monoisotopic (exact) mass is 755 g/mol. The molecule has 12 nitrogen and oxygen atoms in total. The van der Waals surface area contributed by atoms with E-state index in [9.17, 15) is 19.3 Å². The molecule has 1 aliphatic rings. The number of alkyl halides is 1. The van der Waals surface area contributed by atoms with E-state index in [1.807, 2.05) is 0 Å². The Morgan fingerprint density at radius 1 is 1.06 bits per heavy atom. The molecule has 5 N–H and O–H groups in total. The Labute approximate surface area is 306 Å². The lowest BCUT2D eigenvalue weighted by atomic mass is 9.98. The van der Waals surface area contributed by atoms with E-state index in [2.05, 4.69) is 34.5 Å². The fourth-order valence-electron chi connectivity index (χ4n) is 5.70. The molecule has 2 aromatic rings. The Kier molecular flexibility index (Phi) is 18.6. The molecule has 0 bridgehead atoms. The smallest absolute Gasteiger partial charge is 0.413 e. The lowest BCUT2D eigenvalue weighted by Gasteiger charge is -2.25. The maximum absolute atomic E-state index is 15.7. The summed E-state index contributed by atoms with van der Waals surface area (Å²) in [6.45, 7) is 2.92. The number of nitrogens with one attached hydrogen (secondary N) is 2. The highest BCUT2D eigenvalue weighted by Crippen LogP contribution is 2.47. The molecule has 0 radical (unpaired) electrons. The van der Waals surface area contributed by atoms with E-state index in [4.69, 9.17) is 31.1 Å². The number of allylic oxidation sites excluding steroid dienone is 2. The third-order valence-corrected chi connectivity index (χ3v) is 10.5. The highest BCUT2D eigenvalue weighted by molar-refractivity contribution is 7.52. The number of anilines is 1. The van der Waals surface area contributed by atoms with Crippen LogP contribution in [0.2, 0.25) is 5.02 Å². The van der Waals surface area contributed by atoms with Gasteiger partial charge in [-0.15, -0.1) is 0 Å². The van der Waals surface area contributed by atoms with E-state index < -0.39 is 44.1 Å². The van der Waals surface area contributed by atoms with Crippen molar-refractivity contribution >= 4 is 31.1 Å². The highest BCUT2D eigenvalue weighted by atomic mass is 35.5. The molecular formula is C36H56ClFN5O7P. The molecule has 1 saturated heterocycles. The zero-order chi connectivity index (χ0) is 37.1. The number of carbonyl (C=O) groups is 1. The lowest BCUT2D eigenvalue weighted by Crippen LogP contribution is -2.43. The third kappa shape index (κ3) is 15.0. The van der Waals surface area contributed by atoms with Crippen LogP contribution in [0.1, 0.15) is 110 Å². The van der Waals surface area contributed by atoms with Gasteiger partial charge < -0.3 is 25.4 Å². The number of benzene rings is 1. The van der Waals surface area contributed by atoms with Crippen molar-refractivity contribution in [2.24, 2.45) is 0 Å². The van der Waals surface area contributed by atoms with Crippen LogP contribution in [0.15, 0.2) is 53.5 Å². The molecule has 0 saturated carbocycles. The largest absolute Gasteiger partial charge is 0.458 e. The van der Waals surface area contributed by atoms with Gasteiger partial charge in [0.25, 0.3) is 0 Å². The normalized spacial score (nSPS) is 21.5. The number of nitrogens with two attached hydrogens (primary N) is 1. The standard InChI is InChI=1S/C36H56ClFN5O7P/c1-3-4-5-6-7-8-9-10-11-12-13-14-15-16-17-18-32(44)40-24-25-41-51(47,50-29-21-19-28(37)20-22-29)48-27-30-33(45)36(2,38)34(49-30)43-26-23-31(39)42-35(43)46/h10-11,19-23,26,30,33-34,45H,3-9,12-18,24-25,27H2,1-2H3,(H,40,44)(H,41,47)(H2,39,42,46)/b11-10-/t30-,33-,34-,36-,51?/m1/s1. The summed E-state index contributed by atoms with van der Waals surface area (Å²) in [5.74, 6) is -0.00291. The van der Waals surface area contributed by atoms with Crippen LogP contribution in [-0.4, -0.2) is 58.1 Å². The molecule has 5 atom stereocenters. The average molecular weight is 756 g/mol. The Morgan fingerprint density at radius 2 is 1.69 bits per heavy atom. The van der Waals surface area contributed by atoms with Gasteiger partial charge in [-0.2, -0.15) is 4.98 Å². The minimum atomic E-state index is -4.16. The molecule has 3 rings (SSSR count). The van der Waals surface area contributed by atoms with Gasteiger partial charge in [0.05, 0.1) is 6.61 Å². The summed E-state index contributed by atoms with van der Waals surface area (Å²) in [6, 6.07) is 7.36. The van der Waals surface area contributed by atoms with Crippen LogP contribution in [0.3, 0.4) is 0 Å². The SMILES string of the molecule is CCCCCCCC/C=C\CCCCCCCC(=O)NCCNP(=O)(OC[C@H]1O[C@@H](n2ccc(N)nc2=O)[C@](C)(F)[C@@H]1O)Oc1ccc(Cl)cc1. The average Bonchev–Trinajstić information content (AvgIpc) is 3.32. The molecule has 1 aromatic heterocycles. The molecule has 0 aliphatic carbocycles. The van der Waals surface area contributed by atoms with Gasteiger partial charge in [0.15, 0.2) is 11.9 Å². The number of halogens is 2. The fraction of sp³-hybridized carbons (Fsp3) is 0.639. The van der Waals surface area contributed by atoms with Gasteiger partial charge in [0.1, 0.15) is 23.8 Å². The fourth-order valence-corrected chi connectivity index (χ4v) is 7.17. The van der Waals surface area contributed by atoms with Gasteiger partial charge in [0, 0.05) is 30.7 Å². The Hall–Kier alpha value is -2.80. The number of rotatable bonds is 25. The van der Waals surface area contributed by atoms with E-state index >= 15 is 4.39 Å². The second-order valence-corrected chi connectivity index (χ2v) is 15.3. The number of hydrogen-bond acceptors (Lipinski definition) is 9. The summed E-state index contributed by atoms with van der Waals surface area (Å²) in [5, 5.41) is 16.7. The number of hydrogen-bond donors (Lipinski definition) is 4. The Bertz CT molecular complexity index is 1460. The first-order valence-electron chi connectivity index (χ1n) is 18.2. The number of nitrogen functional groups attached to an aromatic ring is 1. The molecule has 2 heterocycles. The molecule has 51 heavy (non-hydrogen) atoms. The van der Waals surface area contributed by atoms with Crippen molar-refractivity contribution in [1.82, 2.24) is 20.0 Å². The molecular weight excluding hydrogens is 700 g/mol. The number of aromatic nitrogens is 2. The number of aliphatic hydroxyl groups is 1. The molecule has 1 unspecified atom stereocenters. The van der Waals surface area contributed by atoms with E-state index in [0.717, 1.165) is 50.0 Å². The summed E-state index contributed by atoms with van der Waals surface area (Å²) < 4.78 is 47.3. The summed E-state index contributed by atoms with van der Waals surface area (Å²) in [5.41, 5.74) is 2.24. The molecule has 1 fully saturated rings. The molecule has 1 aromatic carbocycles. The van der Waals surface area contributed by atoms with Crippen molar-refractivity contribution in [3.8, 4) is 5.75 Å². The third-order valence-electron chi connectivity index (χ3n) is 8.69. The summed E-state index contributed by atoms with van der Waals surface area (Å²) in [4.78, 5) is 28.3. The Morgan fingerprint density at radius 3 is 2.33 bits per heavy atom. The second kappa shape index (κ2) is 22.3. The van der Waals surface area contributed by atoms with E-state index in [1.54, 1.807) is 0 Å². The van der Waals surface area contributed by atoms with Gasteiger partial charge in [-0.1, -0.05) is 82.0 Å². The van der Waals surface area contributed by atoms with Gasteiger partial charge >= 0.3 is 13.4 Å². The number of amides is 1. The van der Waals surface area contributed by atoms with Crippen molar-refractivity contribution < 1.29 is 32.6 Å². The van der Waals surface area contributed by atoms with Crippen LogP contribution in [0.4, 0.5) is 10.2 Å². The second-order valence-electron chi connectivity index (χ2n) is 13.1. The van der Waals surface area contributed by atoms with Crippen molar-refractivity contribution in [3.05, 3.63) is 64.2 Å². The van der Waals surface area contributed by atoms with Crippen molar-refractivity contribution in [2.45, 2.75) is 128 Å². The van der Waals surface area contributed by atoms with Crippen molar-refractivity contribution in [2.75, 3.05) is 25.4 Å². The molecule has 15 heteroatoms. The maximum atomic E-state index is 15.7. The zero-order valence-electron chi connectivity index (χ0n) is 29.9. The number of ether oxygens (including phenoxy) is 1. The molecule has 0 spiro atoms. The maximum Gasteiger partial charge on any atom is 0.458 e. The summed E-state index contributed by atoms with van der Waals surface area (Å²) in [6.07, 6.45) is 16.9. The highest BCUT2D eigenvalue weighted by Gasteiger charge is 2.55. The van der Waals surface area contributed by atoms with Crippen molar-refractivity contribution in [1.29, 1.82) is 0 Å². The number of aliphatic hydroxyl groups excluding tert-OH is 1. The zero-order valence-corrected chi connectivity index (χ0v) is 31.6. The predicted molar refractivity (Wildman–Crippen MR) is 198 cm³/mol. The molecule has 1 amide bonds. The van der Waals surface area contributed by atoms with Gasteiger partial charge in [0.2, 0.25) is 5.91 Å². The van der Waals surface area contributed by atoms with E-state index in [-0.39, 0.29) is 30.6 Å². The van der Waals surface area contributed by atoms with Crippen LogP contribution < -0.4 is 26.4 Å². The minimum Gasteiger partial charge on any atom is -0.413 e. The lowest BCUT2D eigenvalue weighted by molar-refractivity contribution is -0.121.